The van der Waals surface area contributed by atoms with Gasteiger partial charge in [-0.25, -0.2) is 4.39 Å². The molecule has 0 aromatic heterocycles. The summed E-state index contributed by atoms with van der Waals surface area (Å²) in [7, 11) is 0. The highest BCUT2D eigenvalue weighted by Crippen LogP contribution is 2.40. The van der Waals surface area contributed by atoms with Gasteiger partial charge in [0.15, 0.2) is 0 Å². The lowest BCUT2D eigenvalue weighted by atomic mass is 9.99. The molecule has 0 amide bonds. The predicted molar refractivity (Wildman–Crippen MR) is 76.3 cm³/mol. The Hall–Kier alpha value is -0.880. The molecule has 2 aromatic carbocycles. The first-order chi connectivity index (χ1) is 9.30. The Morgan fingerprint density at radius 1 is 1.00 bits per heavy atom. The summed E-state index contributed by atoms with van der Waals surface area (Å²) in [4.78, 5) is -0.669. The largest absolute Gasteiger partial charge is 0.416 e. The number of rotatable bonds is 2. The van der Waals surface area contributed by atoms with Gasteiger partial charge in [0.1, 0.15) is 5.82 Å². The molecule has 0 spiro atoms. The van der Waals surface area contributed by atoms with Crippen LogP contribution in [0.2, 0.25) is 0 Å². The van der Waals surface area contributed by atoms with Gasteiger partial charge in [0.05, 0.1) is 14.9 Å². The van der Waals surface area contributed by atoms with Gasteiger partial charge in [0.25, 0.3) is 0 Å². The van der Waals surface area contributed by atoms with Crippen molar-refractivity contribution in [3.63, 3.8) is 0 Å². The molecule has 6 heteroatoms. The number of benzene rings is 2. The molecule has 0 aliphatic heterocycles. The molecule has 2 rings (SSSR count). The highest BCUT2D eigenvalue weighted by Gasteiger charge is 2.34. The minimum atomic E-state index is -4.43. The van der Waals surface area contributed by atoms with Crippen molar-refractivity contribution in [2.45, 2.75) is 11.0 Å². The first-order valence-electron chi connectivity index (χ1n) is 5.56. The van der Waals surface area contributed by atoms with Crippen LogP contribution in [0.3, 0.4) is 0 Å². The van der Waals surface area contributed by atoms with Crippen LogP contribution in [-0.4, -0.2) is 0 Å². The average Bonchev–Trinajstić information content (AvgIpc) is 2.40. The van der Waals surface area contributed by atoms with E-state index in [1.807, 2.05) is 0 Å². The van der Waals surface area contributed by atoms with Gasteiger partial charge in [0, 0.05) is 0 Å². The quantitative estimate of drug-likeness (QED) is 0.414. The molecule has 20 heavy (non-hydrogen) atoms. The van der Waals surface area contributed by atoms with Gasteiger partial charge in [-0.15, -0.1) is 0 Å². The second-order valence-corrected chi connectivity index (χ2v) is 5.89. The highest BCUT2D eigenvalue weighted by atomic mass is 79.9. The monoisotopic (exact) mass is 410 g/mol. The van der Waals surface area contributed by atoms with E-state index in [1.54, 1.807) is 0 Å². The number of hydrogen-bond acceptors (Lipinski definition) is 0. The molecule has 1 unspecified atom stereocenters. The van der Waals surface area contributed by atoms with Crippen LogP contribution in [0.15, 0.2) is 46.9 Å². The molecule has 0 aliphatic carbocycles. The lowest BCUT2D eigenvalue weighted by molar-refractivity contribution is -0.138. The van der Waals surface area contributed by atoms with E-state index in [1.165, 1.54) is 36.4 Å². The van der Waals surface area contributed by atoms with Crippen molar-refractivity contribution in [2.24, 2.45) is 0 Å². The van der Waals surface area contributed by atoms with E-state index in [4.69, 9.17) is 0 Å². The molecule has 0 saturated carbocycles. The van der Waals surface area contributed by atoms with Gasteiger partial charge in [-0.2, -0.15) is 13.2 Å². The molecule has 106 valence electrons. The molecular weight excluding hydrogens is 404 g/mol. The van der Waals surface area contributed by atoms with Gasteiger partial charge in [-0.05, 0) is 45.3 Å². The molecule has 0 aliphatic rings. The fraction of sp³-hybridized carbons (Fsp3) is 0.143. The Morgan fingerprint density at radius 3 is 2.25 bits per heavy atom. The summed E-state index contributed by atoms with van der Waals surface area (Å²) in [6.07, 6.45) is -4.43. The zero-order valence-corrected chi connectivity index (χ0v) is 13.1. The van der Waals surface area contributed by atoms with E-state index in [9.17, 15) is 17.6 Å². The van der Waals surface area contributed by atoms with Crippen LogP contribution in [0.1, 0.15) is 21.5 Å². The van der Waals surface area contributed by atoms with E-state index in [0.29, 0.717) is 5.56 Å². The SMILES string of the molecule is Fc1ccc(C(Br)c2ccccc2C(F)(F)F)cc1Br. The number of hydrogen-bond donors (Lipinski definition) is 0. The molecule has 0 radical (unpaired) electrons. The summed E-state index contributed by atoms with van der Waals surface area (Å²) in [5, 5.41) is 0. The minimum absolute atomic E-state index is 0.0958. The van der Waals surface area contributed by atoms with Crippen LogP contribution in [0.25, 0.3) is 0 Å². The van der Waals surface area contributed by atoms with Gasteiger partial charge >= 0.3 is 6.18 Å². The maximum Gasteiger partial charge on any atom is 0.416 e. The van der Waals surface area contributed by atoms with Gasteiger partial charge in [0.2, 0.25) is 0 Å². The van der Waals surface area contributed by atoms with Crippen molar-refractivity contribution >= 4 is 31.9 Å². The predicted octanol–water partition coefficient (Wildman–Crippen LogP) is 6.09. The normalized spacial score (nSPS) is 13.3. The lowest BCUT2D eigenvalue weighted by Gasteiger charge is -2.17. The summed E-state index contributed by atoms with van der Waals surface area (Å²) in [5.41, 5.74) is -0.0733. The lowest BCUT2D eigenvalue weighted by Crippen LogP contribution is -2.10. The van der Waals surface area contributed by atoms with E-state index in [2.05, 4.69) is 31.9 Å². The molecule has 0 fully saturated rings. The fourth-order valence-corrected chi connectivity index (χ4v) is 2.91. The summed E-state index contributed by atoms with van der Waals surface area (Å²) in [6, 6.07) is 9.43. The molecule has 1 atom stereocenters. The van der Waals surface area contributed by atoms with Crippen molar-refractivity contribution in [3.8, 4) is 0 Å². The van der Waals surface area contributed by atoms with Crippen LogP contribution >= 0.6 is 31.9 Å². The van der Waals surface area contributed by atoms with Crippen molar-refractivity contribution in [1.29, 1.82) is 0 Å². The Labute approximate surface area is 130 Å². The van der Waals surface area contributed by atoms with Crippen LogP contribution in [0, 0.1) is 5.82 Å². The van der Waals surface area contributed by atoms with Gasteiger partial charge in [-0.1, -0.05) is 40.2 Å². The van der Waals surface area contributed by atoms with Crippen molar-refractivity contribution in [1.82, 2.24) is 0 Å². The third-order valence-electron chi connectivity index (χ3n) is 2.78. The Bertz CT molecular complexity index is 623. The zero-order valence-electron chi connectivity index (χ0n) is 9.89. The molecule has 0 saturated heterocycles. The van der Waals surface area contributed by atoms with Crippen LogP contribution < -0.4 is 0 Å². The highest BCUT2D eigenvalue weighted by molar-refractivity contribution is 9.10. The van der Waals surface area contributed by atoms with Crippen LogP contribution in [0.4, 0.5) is 17.6 Å². The summed E-state index contributed by atoms with van der Waals surface area (Å²) < 4.78 is 52.3. The summed E-state index contributed by atoms with van der Waals surface area (Å²) in [6.45, 7) is 0. The number of alkyl halides is 4. The molecular formula is C14H8Br2F4. The van der Waals surface area contributed by atoms with Crippen LogP contribution in [0.5, 0.6) is 0 Å². The average molecular weight is 412 g/mol. The molecule has 0 heterocycles. The third-order valence-corrected chi connectivity index (χ3v) is 4.41. The van der Waals surface area contributed by atoms with Crippen molar-refractivity contribution in [2.75, 3.05) is 0 Å². The van der Waals surface area contributed by atoms with Crippen molar-refractivity contribution < 1.29 is 17.6 Å². The number of halogens is 6. The second kappa shape index (κ2) is 5.85. The summed E-state index contributed by atoms with van der Waals surface area (Å²) in [5.74, 6) is -0.461. The topological polar surface area (TPSA) is 0 Å². The summed E-state index contributed by atoms with van der Waals surface area (Å²) >= 11 is 6.28. The van der Waals surface area contributed by atoms with E-state index in [0.717, 1.165) is 6.07 Å². The van der Waals surface area contributed by atoms with Crippen molar-refractivity contribution in [3.05, 3.63) is 69.4 Å². The minimum Gasteiger partial charge on any atom is -0.206 e. The second-order valence-electron chi connectivity index (χ2n) is 4.12. The molecule has 0 nitrogen and oxygen atoms in total. The first-order valence-corrected chi connectivity index (χ1v) is 7.26. The van der Waals surface area contributed by atoms with Gasteiger partial charge in [-0.3, -0.25) is 0 Å². The van der Waals surface area contributed by atoms with Gasteiger partial charge < -0.3 is 0 Å². The molecule has 0 N–H and O–H groups in total. The van der Waals surface area contributed by atoms with E-state index in [-0.39, 0.29) is 10.0 Å². The Kier molecular flexibility index (Phi) is 4.54. The smallest absolute Gasteiger partial charge is 0.206 e. The Morgan fingerprint density at radius 2 is 1.65 bits per heavy atom. The third kappa shape index (κ3) is 3.23. The zero-order chi connectivity index (χ0) is 14.9. The molecule has 2 aromatic rings. The van der Waals surface area contributed by atoms with E-state index >= 15 is 0 Å². The fourth-order valence-electron chi connectivity index (χ4n) is 1.83. The maximum absolute atomic E-state index is 13.2. The Balaban J connectivity index is 2.48. The van der Waals surface area contributed by atoms with E-state index < -0.39 is 22.4 Å². The maximum atomic E-state index is 13.2. The molecule has 0 bridgehead atoms. The standard InChI is InChI=1S/C14H8Br2F4/c15-11-7-8(5-6-12(11)17)13(16)9-3-1-2-4-10(9)14(18,19)20/h1-7,13H. The first kappa shape index (κ1) is 15.5. The van der Waals surface area contributed by atoms with Crippen LogP contribution in [-0.2, 0) is 6.18 Å².